The number of methoxy groups -OCH3 is 1. The van der Waals surface area contributed by atoms with Crippen LogP contribution in [0.4, 0.5) is 18.9 Å². The average Bonchev–Trinajstić information content (AvgIpc) is 2.45. The molecule has 1 saturated heterocycles. The highest BCUT2D eigenvalue weighted by Crippen LogP contribution is 2.40. The zero-order chi connectivity index (χ0) is 15.6. The second-order valence-electron chi connectivity index (χ2n) is 4.89. The summed E-state index contributed by atoms with van der Waals surface area (Å²) in [5, 5.41) is 0. The summed E-state index contributed by atoms with van der Waals surface area (Å²) >= 11 is 3.19. The van der Waals surface area contributed by atoms with Gasteiger partial charge in [0.05, 0.1) is 18.4 Å². The third kappa shape index (κ3) is 3.51. The Hall–Kier alpha value is -1.24. The second-order valence-corrected chi connectivity index (χ2v) is 5.80. The first-order valence-electron chi connectivity index (χ1n) is 6.56. The third-order valence-electron chi connectivity index (χ3n) is 3.55. The highest BCUT2D eigenvalue weighted by atomic mass is 79.9. The van der Waals surface area contributed by atoms with Crippen LogP contribution >= 0.6 is 15.9 Å². The van der Waals surface area contributed by atoms with E-state index in [1.54, 1.807) is 0 Å². The molecule has 1 fully saturated rings. The van der Waals surface area contributed by atoms with Gasteiger partial charge in [0, 0.05) is 11.0 Å². The van der Waals surface area contributed by atoms with E-state index in [9.17, 15) is 18.0 Å². The number of hydrogen-bond donors (Lipinski definition) is 0. The Morgan fingerprint density at radius 3 is 2.71 bits per heavy atom. The Bertz CT molecular complexity index is 533. The van der Waals surface area contributed by atoms with Gasteiger partial charge in [-0.3, -0.25) is 0 Å². The van der Waals surface area contributed by atoms with Crippen molar-refractivity contribution >= 4 is 27.6 Å². The number of hydrogen-bond acceptors (Lipinski definition) is 3. The summed E-state index contributed by atoms with van der Waals surface area (Å²) in [6, 6.07) is 3.12. The van der Waals surface area contributed by atoms with Crippen molar-refractivity contribution in [2.24, 2.45) is 0 Å². The molecule has 0 aromatic heterocycles. The van der Waals surface area contributed by atoms with Crippen LogP contribution in [0.1, 0.15) is 24.8 Å². The van der Waals surface area contributed by atoms with Crippen LogP contribution in [0.15, 0.2) is 22.7 Å². The first kappa shape index (κ1) is 16.1. The van der Waals surface area contributed by atoms with Gasteiger partial charge < -0.3 is 9.64 Å². The molecule has 21 heavy (non-hydrogen) atoms. The van der Waals surface area contributed by atoms with Gasteiger partial charge in [-0.05, 0) is 37.5 Å². The fourth-order valence-electron chi connectivity index (χ4n) is 2.58. The van der Waals surface area contributed by atoms with Crippen molar-refractivity contribution in [2.75, 3.05) is 18.6 Å². The van der Waals surface area contributed by atoms with Gasteiger partial charge in [-0.25, -0.2) is 4.79 Å². The lowest BCUT2D eigenvalue weighted by molar-refractivity contribution is -0.143. The molecule has 1 aliphatic rings. The van der Waals surface area contributed by atoms with Crippen molar-refractivity contribution in [3.8, 4) is 0 Å². The molecule has 3 nitrogen and oxygen atoms in total. The SMILES string of the molecule is COC(=O)C1CCCCN1c1cc(Br)ccc1C(F)(F)F. The Labute approximate surface area is 129 Å². The lowest BCUT2D eigenvalue weighted by Crippen LogP contribution is -2.46. The third-order valence-corrected chi connectivity index (χ3v) is 4.04. The Morgan fingerprint density at radius 2 is 2.10 bits per heavy atom. The Kier molecular flexibility index (Phi) is 4.81. The summed E-state index contributed by atoms with van der Waals surface area (Å²) in [5.74, 6) is -0.497. The molecule has 1 unspecified atom stereocenters. The number of alkyl halides is 3. The van der Waals surface area contributed by atoms with Gasteiger partial charge in [0.25, 0.3) is 0 Å². The number of halogens is 4. The van der Waals surface area contributed by atoms with Gasteiger partial charge in [0.2, 0.25) is 0 Å². The van der Waals surface area contributed by atoms with Crippen molar-refractivity contribution in [3.05, 3.63) is 28.2 Å². The molecular formula is C14H15BrF3NO2. The second kappa shape index (κ2) is 6.25. The minimum atomic E-state index is -4.46. The van der Waals surface area contributed by atoms with Crippen molar-refractivity contribution < 1.29 is 22.7 Å². The summed E-state index contributed by atoms with van der Waals surface area (Å²) in [4.78, 5) is 13.3. The van der Waals surface area contributed by atoms with Gasteiger partial charge in [0.1, 0.15) is 6.04 Å². The van der Waals surface area contributed by atoms with Crippen LogP contribution in [0.5, 0.6) is 0 Å². The normalized spacial score (nSPS) is 19.5. The predicted octanol–water partition coefficient (Wildman–Crippen LogP) is 4.00. The largest absolute Gasteiger partial charge is 0.467 e. The van der Waals surface area contributed by atoms with E-state index in [1.165, 1.54) is 24.1 Å². The van der Waals surface area contributed by atoms with Crippen LogP contribution < -0.4 is 4.90 Å². The van der Waals surface area contributed by atoms with E-state index >= 15 is 0 Å². The molecule has 1 aromatic rings. The minimum Gasteiger partial charge on any atom is -0.467 e. The summed E-state index contributed by atoms with van der Waals surface area (Å²) in [7, 11) is 1.25. The molecule has 0 radical (unpaired) electrons. The van der Waals surface area contributed by atoms with Crippen LogP contribution in [0.25, 0.3) is 0 Å². The first-order valence-corrected chi connectivity index (χ1v) is 7.35. The summed E-state index contributed by atoms with van der Waals surface area (Å²) in [5.41, 5.74) is -0.714. The molecule has 116 valence electrons. The summed E-state index contributed by atoms with van der Waals surface area (Å²) in [6.07, 6.45) is -2.42. The Morgan fingerprint density at radius 1 is 1.38 bits per heavy atom. The van der Waals surface area contributed by atoms with Crippen LogP contribution in [-0.4, -0.2) is 25.7 Å². The standard InChI is InChI=1S/C14H15BrF3NO2/c1-21-13(20)11-4-2-3-7-19(11)12-8-9(15)5-6-10(12)14(16,17)18/h5-6,8,11H,2-4,7H2,1H3. The number of carbonyl (C=O) groups is 1. The number of nitrogens with zero attached hydrogens (tertiary/aromatic N) is 1. The number of rotatable bonds is 2. The molecular weight excluding hydrogens is 351 g/mol. The van der Waals surface area contributed by atoms with E-state index in [0.717, 1.165) is 18.9 Å². The maximum absolute atomic E-state index is 13.2. The number of anilines is 1. The maximum atomic E-state index is 13.2. The monoisotopic (exact) mass is 365 g/mol. The van der Waals surface area contributed by atoms with Gasteiger partial charge in [-0.2, -0.15) is 13.2 Å². The van der Waals surface area contributed by atoms with Crippen LogP contribution in [0, 0.1) is 0 Å². The molecule has 0 bridgehead atoms. The average molecular weight is 366 g/mol. The van der Waals surface area contributed by atoms with Crippen LogP contribution in [0.2, 0.25) is 0 Å². The van der Waals surface area contributed by atoms with Gasteiger partial charge in [-0.1, -0.05) is 15.9 Å². The number of carbonyl (C=O) groups excluding carboxylic acids is 1. The summed E-state index contributed by atoms with van der Waals surface area (Å²) in [6.45, 7) is 0.402. The number of piperidine rings is 1. The zero-order valence-corrected chi connectivity index (χ0v) is 13.0. The lowest BCUT2D eigenvalue weighted by Gasteiger charge is -2.37. The zero-order valence-electron chi connectivity index (χ0n) is 11.4. The van der Waals surface area contributed by atoms with Crippen LogP contribution in [0.3, 0.4) is 0 Å². The molecule has 1 atom stereocenters. The van der Waals surface area contributed by atoms with Gasteiger partial charge in [0.15, 0.2) is 0 Å². The van der Waals surface area contributed by atoms with Crippen LogP contribution in [-0.2, 0) is 15.7 Å². The van der Waals surface area contributed by atoms with Crippen molar-refractivity contribution in [1.29, 1.82) is 0 Å². The van der Waals surface area contributed by atoms with Crippen molar-refractivity contribution in [3.63, 3.8) is 0 Å². The number of ether oxygens (including phenoxy) is 1. The number of benzene rings is 1. The fraction of sp³-hybridized carbons (Fsp3) is 0.500. The van der Waals surface area contributed by atoms with E-state index in [4.69, 9.17) is 4.74 Å². The molecule has 0 saturated carbocycles. The maximum Gasteiger partial charge on any atom is 0.418 e. The van der Waals surface area contributed by atoms with E-state index < -0.39 is 23.8 Å². The molecule has 2 rings (SSSR count). The van der Waals surface area contributed by atoms with Gasteiger partial charge in [-0.15, -0.1) is 0 Å². The molecule has 0 aliphatic carbocycles. The number of esters is 1. The van der Waals surface area contributed by atoms with E-state index in [1.807, 2.05) is 0 Å². The first-order chi connectivity index (χ1) is 9.84. The van der Waals surface area contributed by atoms with Gasteiger partial charge >= 0.3 is 12.1 Å². The lowest BCUT2D eigenvalue weighted by atomic mass is 9.99. The quantitative estimate of drug-likeness (QED) is 0.741. The molecule has 1 aliphatic heterocycles. The Balaban J connectivity index is 2.47. The minimum absolute atomic E-state index is 0.0203. The molecule has 1 heterocycles. The topological polar surface area (TPSA) is 29.5 Å². The molecule has 0 amide bonds. The molecule has 0 spiro atoms. The van der Waals surface area contributed by atoms with E-state index in [2.05, 4.69) is 15.9 Å². The highest BCUT2D eigenvalue weighted by Gasteiger charge is 2.38. The van der Waals surface area contributed by atoms with Crippen molar-refractivity contribution in [2.45, 2.75) is 31.5 Å². The smallest absolute Gasteiger partial charge is 0.418 e. The fourth-order valence-corrected chi connectivity index (χ4v) is 2.93. The van der Waals surface area contributed by atoms with Crippen molar-refractivity contribution in [1.82, 2.24) is 0 Å². The van der Waals surface area contributed by atoms with E-state index in [-0.39, 0.29) is 5.69 Å². The molecule has 0 N–H and O–H groups in total. The molecule has 7 heteroatoms. The predicted molar refractivity (Wildman–Crippen MR) is 76.1 cm³/mol. The summed E-state index contributed by atoms with van der Waals surface area (Å²) < 4.78 is 44.8. The molecule has 1 aromatic carbocycles. The van der Waals surface area contributed by atoms with E-state index in [0.29, 0.717) is 17.4 Å². The highest BCUT2D eigenvalue weighted by molar-refractivity contribution is 9.10.